The van der Waals surface area contributed by atoms with E-state index in [1.54, 1.807) is 39.0 Å². The molecule has 0 aliphatic carbocycles. The Morgan fingerprint density at radius 3 is 2.49 bits per heavy atom. The number of hydrogen-bond donors (Lipinski definition) is 3. The van der Waals surface area contributed by atoms with Crippen molar-refractivity contribution in [2.75, 3.05) is 17.7 Å². The molecule has 0 saturated carbocycles. The van der Waals surface area contributed by atoms with E-state index in [9.17, 15) is 19.5 Å². The Morgan fingerprint density at radius 2 is 1.74 bits per heavy atom. The summed E-state index contributed by atoms with van der Waals surface area (Å²) in [7, 11) is 1.32. The quantitative estimate of drug-likeness (QED) is 0.408. The van der Waals surface area contributed by atoms with Crippen LogP contribution in [-0.4, -0.2) is 26.8 Å². The number of carbonyl (C=O) groups is 1. The van der Waals surface area contributed by atoms with Gasteiger partial charge in [0.05, 0.1) is 5.69 Å². The van der Waals surface area contributed by atoms with Gasteiger partial charge in [0.2, 0.25) is 0 Å². The maximum absolute atomic E-state index is 13.0. The molecule has 4 aromatic rings. The molecule has 1 heterocycles. The number of hydrogen-bond acceptors (Lipinski definition) is 6. The van der Waals surface area contributed by atoms with Crippen LogP contribution in [0.1, 0.15) is 16.7 Å². The van der Waals surface area contributed by atoms with Crippen LogP contribution in [-0.2, 0) is 11.8 Å². The summed E-state index contributed by atoms with van der Waals surface area (Å²) in [4.78, 5) is 38.6. The Balaban J connectivity index is 1.70. The Labute approximate surface area is 201 Å². The SMILES string of the molecule is Cc1cc(OCC(=O)Nc2c(N)n(-c3cccc4ccccc34)c(=O)n(C)c2=O)c(C)c(C)c1O. The largest absolute Gasteiger partial charge is 0.507 e. The van der Waals surface area contributed by atoms with Crippen LogP contribution in [0.25, 0.3) is 16.5 Å². The number of phenols is 1. The van der Waals surface area contributed by atoms with Crippen molar-refractivity contribution in [2.45, 2.75) is 20.8 Å². The fraction of sp³-hybridized carbons (Fsp3) is 0.192. The van der Waals surface area contributed by atoms with Crippen molar-refractivity contribution in [3.8, 4) is 17.2 Å². The summed E-state index contributed by atoms with van der Waals surface area (Å²) >= 11 is 0. The van der Waals surface area contributed by atoms with Crippen molar-refractivity contribution in [2.24, 2.45) is 7.05 Å². The number of ether oxygens (including phenoxy) is 1. The number of nitrogens with one attached hydrogen (secondary N) is 1. The van der Waals surface area contributed by atoms with Gasteiger partial charge in [-0.2, -0.15) is 0 Å². The molecule has 0 radical (unpaired) electrons. The summed E-state index contributed by atoms with van der Waals surface area (Å²) in [6, 6.07) is 14.5. The summed E-state index contributed by atoms with van der Waals surface area (Å²) in [5, 5.41) is 14.2. The number of anilines is 2. The molecule has 0 bridgehead atoms. The van der Waals surface area contributed by atoms with Crippen LogP contribution in [0.3, 0.4) is 0 Å². The van der Waals surface area contributed by atoms with E-state index in [1.807, 2.05) is 30.3 Å². The van der Waals surface area contributed by atoms with Gasteiger partial charge in [-0.05, 0) is 55.0 Å². The molecule has 1 amide bonds. The summed E-state index contributed by atoms with van der Waals surface area (Å²) in [6.07, 6.45) is 0. The van der Waals surface area contributed by atoms with Crippen LogP contribution >= 0.6 is 0 Å². The predicted octanol–water partition coefficient (Wildman–Crippen LogP) is 2.92. The number of aryl methyl sites for hydroxylation is 1. The number of rotatable bonds is 5. The Morgan fingerprint density at radius 1 is 1.06 bits per heavy atom. The molecule has 4 N–H and O–H groups in total. The van der Waals surface area contributed by atoms with Crippen LogP contribution in [0, 0.1) is 20.8 Å². The molecule has 180 valence electrons. The molecule has 9 heteroatoms. The van der Waals surface area contributed by atoms with E-state index in [2.05, 4.69) is 5.32 Å². The zero-order valence-corrected chi connectivity index (χ0v) is 19.9. The molecule has 0 unspecified atom stereocenters. The molecule has 0 aliphatic heterocycles. The number of nitrogen functional groups attached to an aromatic ring is 1. The Bertz CT molecular complexity index is 1600. The number of benzene rings is 3. The van der Waals surface area contributed by atoms with Crippen molar-refractivity contribution < 1.29 is 14.6 Å². The first-order valence-corrected chi connectivity index (χ1v) is 10.9. The van der Waals surface area contributed by atoms with Gasteiger partial charge in [0, 0.05) is 12.4 Å². The third kappa shape index (κ3) is 4.12. The highest BCUT2D eigenvalue weighted by Gasteiger charge is 2.20. The molecule has 0 aliphatic rings. The van der Waals surface area contributed by atoms with Crippen LogP contribution in [0.2, 0.25) is 0 Å². The lowest BCUT2D eigenvalue weighted by atomic mass is 10.0. The van der Waals surface area contributed by atoms with E-state index in [0.29, 0.717) is 28.1 Å². The number of amides is 1. The highest BCUT2D eigenvalue weighted by atomic mass is 16.5. The van der Waals surface area contributed by atoms with Gasteiger partial charge in [0.25, 0.3) is 11.5 Å². The standard InChI is InChI=1S/C26H26N4O5/c1-14-12-20(15(2)16(3)23(14)32)35-13-21(31)28-22-24(27)30(26(34)29(4)25(22)33)19-11-7-9-17-8-5-6-10-18(17)19/h5-12,32H,13,27H2,1-4H3,(H,28,31). The van der Waals surface area contributed by atoms with E-state index in [4.69, 9.17) is 10.5 Å². The van der Waals surface area contributed by atoms with Gasteiger partial charge in [0.15, 0.2) is 6.61 Å². The average molecular weight is 475 g/mol. The van der Waals surface area contributed by atoms with Gasteiger partial charge in [-0.25, -0.2) is 9.36 Å². The second kappa shape index (κ2) is 9.02. The molecule has 0 spiro atoms. The summed E-state index contributed by atoms with van der Waals surface area (Å²) in [5.41, 5.74) is 7.14. The molecule has 9 nitrogen and oxygen atoms in total. The first-order chi connectivity index (χ1) is 16.6. The smallest absolute Gasteiger partial charge is 0.337 e. The second-order valence-corrected chi connectivity index (χ2v) is 8.37. The number of carbonyl (C=O) groups excluding carboxylic acids is 1. The van der Waals surface area contributed by atoms with Gasteiger partial charge >= 0.3 is 5.69 Å². The van der Waals surface area contributed by atoms with Crippen LogP contribution < -0.4 is 27.0 Å². The minimum Gasteiger partial charge on any atom is -0.507 e. The molecular formula is C26H26N4O5. The van der Waals surface area contributed by atoms with Gasteiger partial charge in [-0.1, -0.05) is 36.4 Å². The van der Waals surface area contributed by atoms with E-state index in [1.165, 1.54) is 11.6 Å². The molecule has 0 atom stereocenters. The minimum absolute atomic E-state index is 0.172. The van der Waals surface area contributed by atoms with Gasteiger partial charge < -0.3 is 20.9 Å². The first-order valence-electron chi connectivity index (χ1n) is 10.9. The third-order valence-electron chi connectivity index (χ3n) is 6.13. The molecule has 3 aromatic carbocycles. The first kappa shape index (κ1) is 23.6. The zero-order valence-electron chi connectivity index (χ0n) is 19.9. The normalized spacial score (nSPS) is 11.0. The monoisotopic (exact) mass is 474 g/mol. The number of nitrogens with two attached hydrogens (primary N) is 1. The van der Waals surface area contributed by atoms with Crippen LogP contribution in [0.15, 0.2) is 58.1 Å². The Kier molecular flexibility index (Phi) is 6.09. The maximum Gasteiger partial charge on any atom is 0.337 e. The minimum atomic E-state index is -0.732. The van der Waals surface area contributed by atoms with Crippen molar-refractivity contribution >= 4 is 28.2 Å². The lowest BCUT2D eigenvalue weighted by molar-refractivity contribution is -0.118. The van der Waals surface area contributed by atoms with Crippen LogP contribution in [0.5, 0.6) is 11.5 Å². The van der Waals surface area contributed by atoms with E-state index >= 15 is 0 Å². The predicted molar refractivity (Wildman–Crippen MR) is 136 cm³/mol. The van der Waals surface area contributed by atoms with Gasteiger partial charge in [-0.15, -0.1) is 0 Å². The molecule has 0 saturated heterocycles. The van der Waals surface area contributed by atoms with Crippen molar-refractivity contribution in [3.63, 3.8) is 0 Å². The number of aromatic nitrogens is 2. The summed E-state index contributed by atoms with van der Waals surface area (Å²) in [6.45, 7) is 4.86. The molecule has 0 fully saturated rings. The van der Waals surface area contributed by atoms with Crippen LogP contribution in [0.4, 0.5) is 11.5 Å². The van der Waals surface area contributed by atoms with Crippen molar-refractivity contribution in [3.05, 3.63) is 86.1 Å². The lowest BCUT2D eigenvalue weighted by Gasteiger charge is -2.17. The lowest BCUT2D eigenvalue weighted by Crippen LogP contribution is -2.41. The number of aromatic hydroxyl groups is 1. The van der Waals surface area contributed by atoms with E-state index in [-0.39, 0.29) is 17.3 Å². The summed E-state index contributed by atoms with van der Waals surface area (Å²) < 4.78 is 7.75. The number of phenolic OH excluding ortho intramolecular Hbond substituents is 1. The second-order valence-electron chi connectivity index (χ2n) is 8.37. The molecule has 1 aromatic heterocycles. The number of nitrogens with zero attached hydrogens (tertiary/aromatic N) is 2. The third-order valence-corrected chi connectivity index (χ3v) is 6.13. The van der Waals surface area contributed by atoms with E-state index < -0.39 is 23.8 Å². The summed E-state index contributed by atoms with van der Waals surface area (Å²) in [5.74, 6) is -0.198. The fourth-order valence-corrected chi connectivity index (χ4v) is 3.98. The topological polar surface area (TPSA) is 129 Å². The average Bonchev–Trinajstić information content (AvgIpc) is 2.85. The van der Waals surface area contributed by atoms with E-state index in [0.717, 1.165) is 15.3 Å². The van der Waals surface area contributed by atoms with Crippen molar-refractivity contribution in [1.82, 2.24) is 9.13 Å². The molecule has 35 heavy (non-hydrogen) atoms. The molecular weight excluding hydrogens is 448 g/mol. The number of fused-ring (bicyclic) bond motifs is 1. The van der Waals surface area contributed by atoms with Gasteiger partial charge in [0.1, 0.15) is 23.0 Å². The fourth-order valence-electron chi connectivity index (χ4n) is 3.98. The van der Waals surface area contributed by atoms with Crippen molar-refractivity contribution in [1.29, 1.82) is 0 Å². The Hall–Kier alpha value is -4.53. The zero-order chi connectivity index (χ0) is 25.4. The molecule has 4 rings (SSSR count). The maximum atomic E-state index is 13.0. The highest BCUT2D eigenvalue weighted by molar-refractivity contribution is 5.95. The highest BCUT2D eigenvalue weighted by Crippen LogP contribution is 2.32. The van der Waals surface area contributed by atoms with Gasteiger partial charge in [-0.3, -0.25) is 14.2 Å².